The van der Waals surface area contributed by atoms with E-state index in [1.54, 1.807) is 24.3 Å². The monoisotopic (exact) mass is 441 g/mol. The molecule has 1 amide bonds. The average molecular weight is 442 g/mol. The molecule has 1 aliphatic carbocycles. The molecule has 158 valence electrons. The van der Waals surface area contributed by atoms with Crippen LogP contribution in [0.1, 0.15) is 37.7 Å². The van der Waals surface area contributed by atoms with Crippen molar-refractivity contribution in [3.05, 3.63) is 34.9 Å². The molecule has 1 aliphatic heterocycles. The number of nitrogens with zero attached hydrogens (tertiary/aromatic N) is 1. The van der Waals surface area contributed by atoms with Crippen molar-refractivity contribution in [1.29, 1.82) is 0 Å². The van der Waals surface area contributed by atoms with Crippen LogP contribution >= 0.6 is 11.6 Å². The molecule has 1 aromatic carbocycles. The van der Waals surface area contributed by atoms with Gasteiger partial charge in [0, 0.05) is 24.1 Å². The molecule has 2 aliphatic rings. The number of ketones is 1. The molecule has 1 aromatic rings. The summed E-state index contributed by atoms with van der Waals surface area (Å²) in [6.45, 7) is -0.550. The summed E-state index contributed by atoms with van der Waals surface area (Å²) in [6, 6.07) is 6.94. The Hall–Kier alpha value is -1.93. The van der Waals surface area contributed by atoms with Crippen LogP contribution in [0.2, 0.25) is 5.02 Å². The number of rotatable bonds is 5. The largest absolute Gasteiger partial charge is 0.455 e. The van der Waals surface area contributed by atoms with E-state index in [1.807, 2.05) is 0 Å². The van der Waals surface area contributed by atoms with E-state index >= 15 is 0 Å². The van der Waals surface area contributed by atoms with E-state index in [0.29, 0.717) is 23.4 Å². The van der Waals surface area contributed by atoms with Gasteiger partial charge in [-0.15, -0.1) is 0 Å². The Bertz CT molecular complexity index is 931. The lowest BCUT2D eigenvalue weighted by atomic mass is 9.74. The molecular formula is C20H24ClNO6S. The van der Waals surface area contributed by atoms with Gasteiger partial charge in [0.25, 0.3) is 5.91 Å². The van der Waals surface area contributed by atoms with E-state index in [1.165, 1.54) is 11.9 Å². The van der Waals surface area contributed by atoms with Crippen LogP contribution < -0.4 is 0 Å². The van der Waals surface area contributed by atoms with Crippen LogP contribution in [0.25, 0.3) is 0 Å². The van der Waals surface area contributed by atoms with Gasteiger partial charge in [-0.2, -0.15) is 0 Å². The Morgan fingerprint density at radius 2 is 2.00 bits per heavy atom. The smallest absolute Gasteiger partial charge is 0.310 e. The van der Waals surface area contributed by atoms with Crippen molar-refractivity contribution in [2.45, 2.75) is 37.6 Å². The number of hydrogen-bond acceptors (Lipinski definition) is 6. The van der Waals surface area contributed by atoms with Crippen molar-refractivity contribution in [1.82, 2.24) is 4.90 Å². The van der Waals surface area contributed by atoms with E-state index in [9.17, 15) is 22.8 Å². The molecule has 7 nitrogen and oxygen atoms in total. The fraction of sp³-hybridized carbons (Fsp3) is 0.550. The number of carbonyl (C=O) groups is 3. The fourth-order valence-corrected chi connectivity index (χ4v) is 6.19. The van der Waals surface area contributed by atoms with Crippen molar-refractivity contribution in [2.75, 3.05) is 25.2 Å². The number of sulfone groups is 1. The third-order valence-electron chi connectivity index (χ3n) is 5.82. The summed E-state index contributed by atoms with van der Waals surface area (Å²) in [5.41, 5.74) is -0.632. The van der Waals surface area contributed by atoms with Gasteiger partial charge in [0.15, 0.2) is 22.2 Å². The zero-order chi connectivity index (χ0) is 21.2. The molecule has 3 rings (SSSR count). The zero-order valence-electron chi connectivity index (χ0n) is 16.2. The SMILES string of the molecule is CN(C(=O)COC(=O)C1CCS(=O)(=O)C1)C1(c2ccccc2Cl)CCCCC1=O. The summed E-state index contributed by atoms with van der Waals surface area (Å²) in [6.07, 6.45) is 2.48. The van der Waals surface area contributed by atoms with E-state index in [-0.39, 0.29) is 23.7 Å². The van der Waals surface area contributed by atoms with Crippen LogP contribution in [0, 0.1) is 5.92 Å². The molecule has 2 unspecified atom stereocenters. The van der Waals surface area contributed by atoms with Gasteiger partial charge in [-0.3, -0.25) is 14.4 Å². The van der Waals surface area contributed by atoms with Crippen LogP contribution in [0.15, 0.2) is 24.3 Å². The molecule has 0 bridgehead atoms. The summed E-state index contributed by atoms with van der Waals surface area (Å²) in [4.78, 5) is 39.4. The maximum atomic E-state index is 13.0. The predicted octanol–water partition coefficient (Wildman–Crippen LogP) is 2.11. The quantitative estimate of drug-likeness (QED) is 0.649. The van der Waals surface area contributed by atoms with E-state index < -0.39 is 39.8 Å². The highest BCUT2D eigenvalue weighted by Crippen LogP contribution is 2.42. The molecule has 1 saturated heterocycles. The number of amides is 1. The van der Waals surface area contributed by atoms with E-state index in [0.717, 1.165) is 12.8 Å². The maximum Gasteiger partial charge on any atom is 0.310 e. The highest BCUT2D eigenvalue weighted by atomic mass is 35.5. The number of ether oxygens (including phenoxy) is 1. The van der Waals surface area contributed by atoms with Gasteiger partial charge < -0.3 is 9.64 Å². The second kappa shape index (κ2) is 8.44. The normalized spacial score (nSPS) is 26.1. The summed E-state index contributed by atoms with van der Waals surface area (Å²) in [5, 5.41) is 0.399. The molecule has 9 heteroatoms. The summed E-state index contributed by atoms with van der Waals surface area (Å²) < 4.78 is 28.2. The van der Waals surface area contributed by atoms with E-state index in [4.69, 9.17) is 16.3 Å². The number of esters is 1. The lowest BCUT2D eigenvalue weighted by Gasteiger charge is -2.43. The molecule has 0 N–H and O–H groups in total. The van der Waals surface area contributed by atoms with Gasteiger partial charge >= 0.3 is 5.97 Å². The van der Waals surface area contributed by atoms with Crippen LogP contribution in [-0.4, -0.2) is 56.1 Å². The number of halogens is 1. The van der Waals surface area contributed by atoms with E-state index in [2.05, 4.69) is 0 Å². The Morgan fingerprint density at radius 3 is 2.62 bits per heavy atom. The average Bonchev–Trinajstić information content (AvgIpc) is 3.06. The third-order valence-corrected chi connectivity index (χ3v) is 7.92. The first-order chi connectivity index (χ1) is 13.7. The van der Waals surface area contributed by atoms with Gasteiger partial charge in [0.05, 0.1) is 17.4 Å². The Balaban J connectivity index is 1.77. The molecule has 0 radical (unpaired) electrons. The van der Waals surface area contributed by atoms with Gasteiger partial charge in [0.1, 0.15) is 5.54 Å². The number of Topliss-reactive ketones (excluding diaryl/α,β-unsaturated/α-hetero) is 1. The second-order valence-corrected chi connectivity index (χ2v) is 10.3. The minimum Gasteiger partial charge on any atom is -0.455 e. The molecular weight excluding hydrogens is 418 g/mol. The summed E-state index contributed by atoms with van der Waals surface area (Å²) >= 11 is 6.37. The minimum absolute atomic E-state index is 0.0509. The van der Waals surface area contributed by atoms with Gasteiger partial charge in [-0.1, -0.05) is 29.8 Å². The topological polar surface area (TPSA) is 97.8 Å². The molecule has 2 atom stereocenters. The van der Waals surface area contributed by atoms with Crippen molar-refractivity contribution >= 4 is 39.1 Å². The van der Waals surface area contributed by atoms with Crippen molar-refractivity contribution in [3.8, 4) is 0 Å². The molecule has 0 aromatic heterocycles. The second-order valence-electron chi connectivity index (χ2n) is 7.63. The highest BCUT2D eigenvalue weighted by Gasteiger charge is 2.48. The number of likely N-dealkylation sites (N-methyl/N-ethyl adjacent to an activating group) is 1. The first-order valence-electron chi connectivity index (χ1n) is 9.59. The third kappa shape index (κ3) is 4.33. The number of hydrogen-bond donors (Lipinski definition) is 0. The minimum atomic E-state index is -3.23. The Kier molecular flexibility index (Phi) is 6.33. The van der Waals surface area contributed by atoms with Crippen molar-refractivity contribution < 1.29 is 27.5 Å². The highest BCUT2D eigenvalue weighted by molar-refractivity contribution is 7.91. The molecule has 0 spiro atoms. The van der Waals surface area contributed by atoms with Crippen molar-refractivity contribution in [2.24, 2.45) is 5.92 Å². The predicted molar refractivity (Wildman–Crippen MR) is 107 cm³/mol. The molecule has 1 saturated carbocycles. The summed E-state index contributed by atoms with van der Waals surface area (Å²) in [7, 11) is -1.71. The lowest BCUT2D eigenvalue weighted by Crippen LogP contribution is -2.55. The van der Waals surface area contributed by atoms with Gasteiger partial charge in [0.2, 0.25) is 0 Å². The van der Waals surface area contributed by atoms with Crippen LogP contribution in [0.4, 0.5) is 0 Å². The number of benzene rings is 1. The lowest BCUT2D eigenvalue weighted by molar-refractivity contribution is -0.159. The Labute approximate surface area is 175 Å². The maximum absolute atomic E-state index is 13.0. The van der Waals surface area contributed by atoms with Gasteiger partial charge in [-0.25, -0.2) is 8.42 Å². The Morgan fingerprint density at radius 1 is 1.28 bits per heavy atom. The first kappa shape index (κ1) is 21.8. The van der Waals surface area contributed by atoms with Crippen LogP contribution in [-0.2, 0) is 34.5 Å². The number of carbonyl (C=O) groups excluding carboxylic acids is 3. The van der Waals surface area contributed by atoms with Crippen molar-refractivity contribution in [3.63, 3.8) is 0 Å². The summed E-state index contributed by atoms with van der Waals surface area (Å²) in [5.74, 6) is -2.38. The zero-order valence-corrected chi connectivity index (χ0v) is 17.8. The van der Waals surface area contributed by atoms with Crippen LogP contribution in [0.5, 0.6) is 0 Å². The first-order valence-corrected chi connectivity index (χ1v) is 11.8. The molecule has 2 fully saturated rings. The molecule has 29 heavy (non-hydrogen) atoms. The standard InChI is InChI=1S/C20H24ClNO6S/c1-22(18(24)12-28-19(25)14-9-11-29(26,27)13-14)20(10-5-4-8-17(20)23)15-6-2-3-7-16(15)21/h2-3,6-7,14H,4-5,8-13H2,1H3. The molecule has 1 heterocycles. The van der Waals surface area contributed by atoms with Gasteiger partial charge in [-0.05, 0) is 31.7 Å². The fourth-order valence-electron chi connectivity index (χ4n) is 4.17. The van der Waals surface area contributed by atoms with Crippen LogP contribution in [0.3, 0.4) is 0 Å².